The molecule has 1 fully saturated rings. The smallest absolute Gasteiger partial charge is 0.309 e. The highest BCUT2D eigenvalue weighted by molar-refractivity contribution is 5.74. The van der Waals surface area contributed by atoms with Crippen molar-refractivity contribution in [2.45, 2.75) is 45.1 Å². The van der Waals surface area contributed by atoms with Gasteiger partial charge in [-0.25, -0.2) is 0 Å². The lowest BCUT2D eigenvalue weighted by molar-refractivity contribution is -0.155. The van der Waals surface area contributed by atoms with Crippen LogP contribution >= 0.6 is 0 Å². The SMILES string of the molecule is CC1CCCC(CC(O)CO)(C(=O)O)C1. The van der Waals surface area contributed by atoms with Gasteiger partial charge in [-0.15, -0.1) is 0 Å². The second kappa shape index (κ2) is 4.94. The van der Waals surface area contributed by atoms with E-state index in [2.05, 4.69) is 0 Å². The van der Waals surface area contributed by atoms with Crippen molar-refractivity contribution >= 4 is 5.97 Å². The first-order valence-electron chi connectivity index (χ1n) is 5.52. The Kier molecular flexibility index (Phi) is 4.11. The minimum absolute atomic E-state index is 0.170. The van der Waals surface area contributed by atoms with Crippen molar-refractivity contribution in [3.8, 4) is 0 Å². The summed E-state index contributed by atoms with van der Waals surface area (Å²) in [6, 6.07) is 0. The van der Waals surface area contributed by atoms with Gasteiger partial charge in [0, 0.05) is 0 Å². The van der Waals surface area contributed by atoms with E-state index in [1.807, 2.05) is 6.92 Å². The number of carboxylic acids is 1. The molecule has 4 nitrogen and oxygen atoms in total. The molecule has 0 saturated heterocycles. The molecule has 3 atom stereocenters. The van der Waals surface area contributed by atoms with E-state index in [0.717, 1.165) is 12.8 Å². The van der Waals surface area contributed by atoms with E-state index >= 15 is 0 Å². The number of aliphatic hydroxyl groups excluding tert-OH is 2. The molecule has 0 amide bonds. The minimum atomic E-state index is -0.911. The first-order valence-corrected chi connectivity index (χ1v) is 5.52. The molecule has 1 aliphatic carbocycles. The molecule has 0 radical (unpaired) electrons. The van der Waals surface area contributed by atoms with Gasteiger partial charge in [-0.3, -0.25) is 4.79 Å². The molecule has 15 heavy (non-hydrogen) atoms. The van der Waals surface area contributed by atoms with Crippen LogP contribution in [0.5, 0.6) is 0 Å². The van der Waals surface area contributed by atoms with Gasteiger partial charge in [0.1, 0.15) is 0 Å². The van der Waals surface area contributed by atoms with Gasteiger partial charge < -0.3 is 15.3 Å². The summed E-state index contributed by atoms with van der Waals surface area (Å²) in [5.41, 5.74) is -0.820. The second-order valence-corrected chi connectivity index (χ2v) is 4.83. The summed E-state index contributed by atoms with van der Waals surface area (Å²) in [4.78, 5) is 11.3. The van der Waals surface area contributed by atoms with Crippen molar-refractivity contribution in [1.29, 1.82) is 0 Å². The molecule has 0 aromatic heterocycles. The van der Waals surface area contributed by atoms with Crippen LogP contribution in [-0.2, 0) is 4.79 Å². The molecular weight excluding hydrogens is 196 g/mol. The van der Waals surface area contributed by atoms with Crippen LogP contribution in [0.4, 0.5) is 0 Å². The fourth-order valence-corrected chi connectivity index (χ4v) is 2.64. The van der Waals surface area contributed by atoms with Crippen LogP contribution in [0.15, 0.2) is 0 Å². The van der Waals surface area contributed by atoms with Crippen LogP contribution in [-0.4, -0.2) is 34.0 Å². The maximum atomic E-state index is 11.3. The van der Waals surface area contributed by atoms with Gasteiger partial charge in [0.25, 0.3) is 0 Å². The summed E-state index contributed by atoms with van der Waals surface area (Å²) in [6.45, 7) is 1.69. The number of aliphatic carboxylic acids is 1. The summed E-state index contributed by atoms with van der Waals surface area (Å²) in [5.74, 6) is -0.442. The van der Waals surface area contributed by atoms with Crippen molar-refractivity contribution in [2.24, 2.45) is 11.3 Å². The van der Waals surface area contributed by atoms with Crippen LogP contribution in [0.3, 0.4) is 0 Å². The Morgan fingerprint density at radius 2 is 2.27 bits per heavy atom. The van der Waals surface area contributed by atoms with E-state index in [1.165, 1.54) is 0 Å². The van der Waals surface area contributed by atoms with E-state index in [4.69, 9.17) is 5.11 Å². The molecule has 1 saturated carbocycles. The summed E-state index contributed by atoms with van der Waals surface area (Å²) in [6.07, 6.45) is 2.44. The van der Waals surface area contributed by atoms with Crippen molar-refractivity contribution < 1.29 is 20.1 Å². The minimum Gasteiger partial charge on any atom is -0.481 e. The van der Waals surface area contributed by atoms with E-state index in [9.17, 15) is 15.0 Å². The van der Waals surface area contributed by atoms with Crippen LogP contribution in [0, 0.1) is 11.3 Å². The van der Waals surface area contributed by atoms with Crippen molar-refractivity contribution in [3.63, 3.8) is 0 Å². The summed E-state index contributed by atoms with van der Waals surface area (Å²) in [7, 11) is 0. The predicted octanol–water partition coefficient (Wildman–Crippen LogP) is 1.01. The molecule has 0 spiro atoms. The highest BCUT2D eigenvalue weighted by Gasteiger charge is 2.42. The molecule has 88 valence electrons. The Morgan fingerprint density at radius 1 is 1.60 bits per heavy atom. The first kappa shape index (κ1) is 12.5. The number of hydrogen-bond donors (Lipinski definition) is 3. The Labute approximate surface area is 89.9 Å². The molecule has 4 heteroatoms. The molecule has 1 aliphatic rings. The fourth-order valence-electron chi connectivity index (χ4n) is 2.64. The highest BCUT2D eigenvalue weighted by atomic mass is 16.4. The molecule has 0 aromatic carbocycles. The van der Waals surface area contributed by atoms with E-state index in [1.54, 1.807) is 0 Å². The van der Waals surface area contributed by atoms with Gasteiger partial charge in [0.2, 0.25) is 0 Å². The number of aliphatic hydroxyl groups is 2. The summed E-state index contributed by atoms with van der Waals surface area (Å²) in [5, 5.41) is 27.4. The molecule has 3 N–H and O–H groups in total. The highest BCUT2D eigenvalue weighted by Crippen LogP contribution is 2.43. The Bertz CT molecular complexity index is 229. The third kappa shape index (κ3) is 2.92. The lowest BCUT2D eigenvalue weighted by Gasteiger charge is -2.37. The van der Waals surface area contributed by atoms with Gasteiger partial charge in [-0.2, -0.15) is 0 Å². The van der Waals surface area contributed by atoms with Crippen LogP contribution in [0.25, 0.3) is 0 Å². The number of carboxylic acid groups (broad SMARTS) is 1. The third-order valence-corrected chi connectivity index (χ3v) is 3.38. The largest absolute Gasteiger partial charge is 0.481 e. The maximum absolute atomic E-state index is 11.3. The lowest BCUT2D eigenvalue weighted by Crippen LogP contribution is -2.39. The third-order valence-electron chi connectivity index (χ3n) is 3.38. The molecule has 0 aromatic rings. The zero-order chi connectivity index (χ0) is 11.5. The van der Waals surface area contributed by atoms with E-state index in [0.29, 0.717) is 18.8 Å². The number of rotatable bonds is 4. The molecule has 0 aliphatic heterocycles. The maximum Gasteiger partial charge on any atom is 0.309 e. The van der Waals surface area contributed by atoms with Crippen LogP contribution in [0.2, 0.25) is 0 Å². The number of hydrogen-bond acceptors (Lipinski definition) is 3. The Morgan fingerprint density at radius 3 is 2.73 bits per heavy atom. The van der Waals surface area contributed by atoms with Crippen molar-refractivity contribution in [1.82, 2.24) is 0 Å². The van der Waals surface area contributed by atoms with Gasteiger partial charge in [-0.1, -0.05) is 19.8 Å². The van der Waals surface area contributed by atoms with Gasteiger partial charge in [0.05, 0.1) is 18.1 Å². The molecule has 0 heterocycles. The van der Waals surface area contributed by atoms with Gasteiger partial charge in [0.15, 0.2) is 0 Å². The van der Waals surface area contributed by atoms with Crippen LogP contribution < -0.4 is 0 Å². The van der Waals surface area contributed by atoms with Crippen molar-refractivity contribution in [3.05, 3.63) is 0 Å². The zero-order valence-electron chi connectivity index (χ0n) is 9.15. The average molecular weight is 216 g/mol. The molecule has 1 rings (SSSR count). The Balaban J connectivity index is 2.73. The van der Waals surface area contributed by atoms with Crippen molar-refractivity contribution in [2.75, 3.05) is 6.61 Å². The molecule has 0 bridgehead atoms. The molecular formula is C11H20O4. The summed E-state index contributed by atoms with van der Waals surface area (Å²) < 4.78 is 0. The predicted molar refractivity (Wildman–Crippen MR) is 55.4 cm³/mol. The van der Waals surface area contributed by atoms with E-state index < -0.39 is 17.5 Å². The van der Waals surface area contributed by atoms with E-state index in [-0.39, 0.29) is 13.0 Å². The first-order chi connectivity index (χ1) is 7.00. The standard InChI is InChI=1S/C11H20O4/c1-8-3-2-4-11(5-8,10(14)15)6-9(13)7-12/h8-9,12-13H,2-7H2,1H3,(H,14,15). The van der Waals surface area contributed by atoms with Crippen LogP contribution in [0.1, 0.15) is 39.0 Å². The Hall–Kier alpha value is -0.610. The lowest BCUT2D eigenvalue weighted by atomic mass is 9.67. The normalized spacial score (nSPS) is 33.7. The fraction of sp³-hybridized carbons (Fsp3) is 0.909. The van der Waals surface area contributed by atoms with Gasteiger partial charge in [-0.05, 0) is 25.2 Å². The summed E-state index contributed by atoms with van der Waals surface area (Å²) >= 11 is 0. The monoisotopic (exact) mass is 216 g/mol. The molecule has 3 unspecified atom stereocenters. The quantitative estimate of drug-likeness (QED) is 0.655. The average Bonchev–Trinajstić information content (AvgIpc) is 2.17. The van der Waals surface area contributed by atoms with Gasteiger partial charge >= 0.3 is 5.97 Å². The topological polar surface area (TPSA) is 77.8 Å². The second-order valence-electron chi connectivity index (χ2n) is 4.83. The number of carbonyl (C=O) groups is 1. The zero-order valence-corrected chi connectivity index (χ0v) is 9.15.